The fraction of sp³-hybridized carbons (Fsp3) is 0.269. The summed E-state index contributed by atoms with van der Waals surface area (Å²) < 4.78 is 15.3. The molecular formula is C26H27FN4O. The Morgan fingerprint density at radius 1 is 1.00 bits per heavy atom. The summed E-state index contributed by atoms with van der Waals surface area (Å²) in [6, 6.07) is 12.2. The highest BCUT2D eigenvalue weighted by Crippen LogP contribution is 2.29. The maximum Gasteiger partial charge on any atom is 0.224 e. The largest absolute Gasteiger partial charge is 0.326 e. The molecule has 0 radical (unpaired) electrons. The normalized spacial score (nSPS) is 11.2. The molecule has 2 heterocycles. The van der Waals surface area contributed by atoms with Crippen molar-refractivity contribution in [2.24, 2.45) is 0 Å². The van der Waals surface area contributed by atoms with Crippen LogP contribution in [0.25, 0.3) is 16.7 Å². The smallest absolute Gasteiger partial charge is 0.224 e. The lowest BCUT2D eigenvalue weighted by atomic mass is 9.99. The van der Waals surface area contributed by atoms with Crippen molar-refractivity contribution in [1.29, 1.82) is 0 Å². The minimum Gasteiger partial charge on any atom is -0.326 e. The van der Waals surface area contributed by atoms with Gasteiger partial charge in [-0.1, -0.05) is 12.1 Å². The number of benzene rings is 2. The number of aromatic nitrogens is 3. The van der Waals surface area contributed by atoms with E-state index in [0.29, 0.717) is 12.1 Å². The number of aryl methyl sites for hydroxylation is 5. The molecule has 0 aliphatic carbocycles. The Balaban J connectivity index is 1.63. The molecule has 1 amide bonds. The van der Waals surface area contributed by atoms with E-state index in [4.69, 9.17) is 10.1 Å². The standard InChI is InChI=1S/C26H27FN4O/c1-15-9-10-22(13-16(15)2)31-26-25(19(5)30-31)17(3)23(18(4)28-26)11-12-24(32)29-21-8-6-7-20(27)14-21/h6-10,13-14H,11-12H2,1-5H3,(H,29,32). The number of hydrogen-bond acceptors (Lipinski definition) is 3. The zero-order valence-electron chi connectivity index (χ0n) is 19.1. The molecule has 4 rings (SSSR count). The molecule has 0 saturated carbocycles. The summed E-state index contributed by atoms with van der Waals surface area (Å²) in [5.41, 5.74) is 8.66. The van der Waals surface area contributed by atoms with Crippen LogP contribution in [0.3, 0.4) is 0 Å². The first-order chi connectivity index (χ1) is 15.2. The van der Waals surface area contributed by atoms with Crippen molar-refractivity contribution in [3.05, 3.63) is 81.9 Å². The lowest BCUT2D eigenvalue weighted by Crippen LogP contribution is -2.13. The van der Waals surface area contributed by atoms with Crippen LogP contribution >= 0.6 is 0 Å². The molecule has 5 nitrogen and oxygen atoms in total. The quantitative estimate of drug-likeness (QED) is 0.444. The van der Waals surface area contributed by atoms with Crippen LogP contribution in [0.1, 0.15) is 40.1 Å². The third-order valence-corrected chi connectivity index (χ3v) is 6.02. The molecule has 164 valence electrons. The Bertz CT molecular complexity index is 1340. The van der Waals surface area contributed by atoms with Gasteiger partial charge in [-0.15, -0.1) is 0 Å². The number of nitrogens with zero attached hydrogens (tertiary/aromatic N) is 3. The second-order valence-electron chi connectivity index (χ2n) is 8.32. The van der Waals surface area contributed by atoms with Crippen LogP contribution in [0.2, 0.25) is 0 Å². The molecule has 6 heteroatoms. The summed E-state index contributed by atoms with van der Waals surface area (Å²) >= 11 is 0. The number of hydrogen-bond donors (Lipinski definition) is 1. The number of anilines is 1. The number of pyridine rings is 1. The Morgan fingerprint density at radius 2 is 1.78 bits per heavy atom. The van der Waals surface area contributed by atoms with Gasteiger partial charge in [0.05, 0.1) is 11.4 Å². The zero-order valence-corrected chi connectivity index (χ0v) is 19.1. The van der Waals surface area contributed by atoms with Gasteiger partial charge in [0.15, 0.2) is 5.65 Å². The Morgan fingerprint density at radius 3 is 2.50 bits per heavy atom. The van der Waals surface area contributed by atoms with Crippen LogP contribution in [0.15, 0.2) is 42.5 Å². The summed E-state index contributed by atoms with van der Waals surface area (Å²) in [5.74, 6) is -0.530. The van der Waals surface area contributed by atoms with E-state index in [0.717, 1.165) is 39.2 Å². The molecule has 1 N–H and O–H groups in total. The van der Waals surface area contributed by atoms with E-state index in [9.17, 15) is 9.18 Å². The van der Waals surface area contributed by atoms with E-state index in [2.05, 4.69) is 44.3 Å². The Kier molecular flexibility index (Phi) is 5.78. The van der Waals surface area contributed by atoms with Crippen LogP contribution in [-0.2, 0) is 11.2 Å². The second-order valence-corrected chi connectivity index (χ2v) is 8.32. The van der Waals surface area contributed by atoms with Crippen molar-refractivity contribution in [3.63, 3.8) is 0 Å². The minimum atomic E-state index is -0.375. The number of carbonyl (C=O) groups is 1. The maximum absolute atomic E-state index is 13.4. The molecule has 32 heavy (non-hydrogen) atoms. The molecule has 0 saturated heterocycles. The molecule has 4 aromatic rings. The monoisotopic (exact) mass is 430 g/mol. The number of nitrogens with one attached hydrogen (secondary N) is 1. The van der Waals surface area contributed by atoms with E-state index in [1.165, 1.54) is 23.3 Å². The molecular weight excluding hydrogens is 403 g/mol. The molecule has 2 aromatic heterocycles. The summed E-state index contributed by atoms with van der Waals surface area (Å²) in [5, 5.41) is 8.56. The molecule has 0 fully saturated rings. The second kappa shape index (κ2) is 8.54. The van der Waals surface area contributed by atoms with Gasteiger partial charge in [0.2, 0.25) is 5.91 Å². The van der Waals surface area contributed by atoms with Crippen LogP contribution < -0.4 is 5.32 Å². The van der Waals surface area contributed by atoms with Crippen molar-refractivity contribution in [1.82, 2.24) is 14.8 Å². The minimum absolute atomic E-state index is 0.156. The number of fused-ring (bicyclic) bond motifs is 1. The van der Waals surface area contributed by atoms with Gasteiger partial charge in [-0.25, -0.2) is 14.1 Å². The molecule has 0 aliphatic heterocycles. The summed E-state index contributed by atoms with van der Waals surface area (Å²) in [7, 11) is 0. The molecule has 2 aromatic carbocycles. The lowest BCUT2D eigenvalue weighted by molar-refractivity contribution is -0.116. The van der Waals surface area contributed by atoms with Crippen LogP contribution in [0, 0.1) is 40.4 Å². The zero-order chi connectivity index (χ0) is 23.0. The van der Waals surface area contributed by atoms with Gasteiger partial charge >= 0.3 is 0 Å². The molecule has 0 bridgehead atoms. The number of amides is 1. The van der Waals surface area contributed by atoms with Gasteiger partial charge in [0.1, 0.15) is 5.82 Å². The van der Waals surface area contributed by atoms with E-state index < -0.39 is 0 Å². The van der Waals surface area contributed by atoms with Gasteiger partial charge in [-0.3, -0.25) is 4.79 Å². The van der Waals surface area contributed by atoms with Gasteiger partial charge in [-0.2, -0.15) is 5.10 Å². The molecule has 0 spiro atoms. The first-order valence-electron chi connectivity index (χ1n) is 10.7. The first-order valence-corrected chi connectivity index (χ1v) is 10.7. The predicted octanol–water partition coefficient (Wildman–Crippen LogP) is 5.67. The van der Waals surface area contributed by atoms with Gasteiger partial charge in [0, 0.05) is 23.2 Å². The Labute approximate surface area is 187 Å². The molecule has 0 unspecified atom stereocenters. The average Bonchev–Trinajstić information content (AvgIpc) is 3.06. The van der Waals surface area contributed by atoms with E-state index >= 15 is 0 Å². The van der Waals surface area contributed by atoms with Crippen molar-refractivity contribution < 1.29 is 9.18 Å². The lowest BCUT2D eigenvalue weighted by Gasteiger charge is -2.12. The number of carbonyl (C=O) groups excluding carboxylic acids is 1. The molecule has 0 atom stereocenters. The SMILES string of the molecule is Cc1ccc(-n2nc(C)c3c(C)c(CCC(=O)Nc4cccc(F)c4)c(C)nc32)cc1C. The average molecular weight is 431 g/mol. The van der Waals surface area contributed by atoms with Gasteiger partial charge < -0.3 is 5.32 Å². The highest BCUT2D eigenvalue weighted by atomic mass is 19.1. The Hall–Kier alpha value is -3.54. The predicted molar refractivity (Wildman–Crippen MR) is 126 cm³/mol. The fourth-order valence-electron chi connectivity index (χ4n) is 4.14. The van der Waals surface area contributed by atoms with Crippen LogP contribution in [0.4, 0.5) is 10.1 Å². The van der Waals surface area contributed by atoms with Gasteiger partial charge in [-0.05, 0) is 93.6 Å². The number of halogens is 1. The van der Waals surface area contributed by atoms with Gasteiger partial charge in [0.25, 0.3) is 0 Å². The van der Waals surface area contributed by atoms with Crippen LogP contribution in [-0.4, -0.2) is 20.7 Å². The van der Waals surface area contributed by atoms with Crippen molar-refractivity contribution in [2.75, 3.05) is 5.32 Å². The summed E-state index contributed by atoms with van der Waals surface area (Å²) in [6.45, 7) is 10.2. The first kappa shape index (κ1) is 21.7. The van der Waals surface area contributed by atoms with E-state index in [1.807, 2.05) is 18.5 Å². The van der Waals surface area contributed by atoms with E-state index in [-0.39, 0.29) is 18.1 Å². The summed E-state index contributed by atoms with van der Waals surface area (Å²) in [6.07, 6.45) is 0.839. The van der Waals surface area contributed by atoms with Crippen molar-refractivity contribution >= 4 is 22.6 Å². The van der Waals surface area contributed by atoms with E-state index in [1.54, 1.807) is 12.1 Å². The highest BCUT2D eigenvalue weighted by molar-refractivity contribution is 5.91. The van der Waals surface area contributed by atoms with Crippen molar-refractivity contribution in [3.8, 4) is 5.69 Å². The topological polar surface area (TPSA) is 59.8 Å². The fourth-order valence-corrected chi connectivity index (χ4v) is 4.14. The van der Waals surface area contributed by atoms with Crippen molar-refractivity contribution in [2.45, 2.75) is 47.5 Å². The number of rotatable bonds is 5. The van der Waals surface area contributed by atoms with Crippen LogP contribution in [0.5, 0.6) is 0 Å². The summed E-state index contributed by atoms with van der Waals surface area (Å²) in [4.78, 5) is 17.3. The third kappa shape index (κ3) is 4.13. The molecule has 0 aliphatic rings. The maximum atomic E-state index is 13.4. The highest BCUT2D eigenvalue weighted by Gasteiger charge is 2.18. The third-order valence-electron chi connectivity index (χ3n) is 6.02.